The molecule has 24 nitrogen and oxygen atoms in total. The molecule has 0 radical (unpaired) electrons. The van der Waals surface area contributed by atoms with Gasteiger partial charge in [-0.05, 0) is 73.5 Å². The molecule has 0 aromatic heterocycles. The average Bonchev–Trinajstić information content (AvgIpc) is 1.66. The summed E-state index contributed by atoms with van der Waals surface area (Å²) in [5.41, 5.74) is 17.3. The summed E-state index contributed by atoms with van der Waals surface area (Å²) in [7, 11) is 18.7. The predicted molar refractivity (Wildman–Crippen MR) is 523 cm³/mol. The largest absolute Gasteiger partial charge is 0.497 e. The topological polar surface area (TPSA) is 250 Å². The van der Waals surface area contributed by atoms with Crippen molar-refractivity contribution in [3.8, 4) is 5.75 Å². The number of nitrogens with zero attached hydrogens (tertiary/aromatic N) is 17. The number of anilines is 1. The van der Waals surface area contributed by atoms with E-state index in [-0.39, 0.29) is 51.0 Å². The molecule has 7 heterocycles. The van der Waals surface area contributed by atoms with Crippen molar-refractivity contribution < 1.29 is 59.8 Å². The van der Waals surface area contributed by atoms with Crippen molar-refractivity contribution in [1.82, 2.24) is 29.4 Å². The lowest BCUT2D eigenvalue weighted by Gasteiger charge is -2.32. The normalized spacial score (nSPS) is 17.0. The van der Waals surface area contributed by atoms with Gasteiger partial charge in [-0.15, -0.1) is 0 Å². The predicted octanol–water partition coefficient (Wildman–Crippen LogP) is 17.3. The lowest BCUT2D eigenvalue weighted by molar-refractivity contribution is -0.138. The van der Waals surface area contributed by atoms with Gasteiger partial charge in [0.25, 0.3) is 0 Å². The molecule has 7 aliphatic heterocycles. The summed E-state index contributed by atoms with van der Waals surface area (Å²) in [6.07, 6.45) is -9.19. The van der Waals surface area contributed by atoms with Gasteiger partial charge in [-0.3, -0.25) is 24.0 Å². The summed E-state index contributed by atoms with van der Waals surface area (Å²) in [4.78, 5) is 127. The minimum Gasteiger partial charge on any atom is -0.497 e. The molecule has 0 spiro atoms. The monoisotopic (exact) mass is 1840 g/mol. The molecule has 0 amide bonds. The van der Waals surface area contributed by atoms with Crippen LogP contribution < -0.4 is 9.64 Å². The van der Waals surface area contributed by atoms with Gasteiger partial charge in [0.15, 0.2) is 28.9 Å². The second-order valence-corrected chi connectivity index (χ2v) is 34.4. The number of guanidine groups is 5. The molecule has 0 bridgehead atoms. The molecule has 0 unspecified atom stereocenters. The number of methoxy groups -OCH3 is 1. The molecule has 30 heteroatoms. The van der Waals surface area contributed by atoms with Gasteiger partial charge < -0.3 is 43.8 Å². The van der Waals surface area contributed by atoms with Crippen molar-refractivity contribution in [3.63, 3.8) is 0 Å². The van der Waals surface area contributed by atoms with Crippen LogP contribution in [-0.4, -0.2) is 240 Å². The van der Waals surface area contributed by atoms with Gasteiger partial charge in [0.2, 0.25) is 29.8 Å². The number of aryl methyl sites for hydroxylation is 2. The minimum absolute atomic E-state index is 0.00685. The van der Waals surface area contributed by atoms with Crippen LogP contribution >= 0.6 is 0 Å². The van der Waals surface area contributed by atoms with E-state index in [1.807, 2.05) is 222 Å². The molecule has 0 saturated carbocycles. The van der Waals surface area contributed by atoms with E-state index in [9.17, 15) is 50.3 Å². The van der Waals surface area contributed by atoms with Crippen LogP contribution in [-0.2, 0) is 17.1 Å². The second-order valence-electron chi connectivity index (χ2n) is 34.4. The van der Waals surface area contributed by atoms with Gasteiger partial charge in [0.05, 0.1) is 59.3 Å². The summed E-state index contributed by atoms with van der Waals surface area (Å²) < 4.78 is 92.7. The number of para-hydroxylation sites is 1. The lowest BCUT2D eigenvalue weighted by atomic mass is 9.82. The number of benzene rings is 10. The van der Waals surface area contributed by atoms with Crippen LogP contribution in [0.4, 0.5) is 32.0 Å². The summed E-state index contributed by atoms with van der Waals surface area (Å²) >= 11 is 0. The van der Waals surface area contributed by atoms with E-state index in [1.54, 1.807) is 74.6 Å². The number of carbonyl (C=O) groups excluding carboxylic acids is 5. The van der Waals surface area contributed by atoms with E-state index in [0.29, 0.717) is 140 Å². The fourth-order valence-electron chi connectivity index (χ4n) is 17.9. The van der Waals surface area contributed by atoms with E-state index in [0.717, 1.165) is 111 Å². The first-order chi connectivity index (χ1) is 65.9. The smallest absolute Gasteiger partial charge is 0.417 e. The fourth-order valence-corrected chi connectivity index (χ4v) is 17.9. The van der Waals surface area contributed by atoms with Crippen LogP contribution in [0.25, 0.3) is 27.9 Å². The van der Waals surface area contributed by atoms with Crippen LogP contribution in [0.15, 0.2) is 315 Å². The number of likely N-dealkylation sites (N-methyl/N-ethyl adjacent to an activating group) is 1. The highest BCUT2D eigenvalue weighted by Gasteiger charge is 2.46. The van der Waals surface area contributed by atoms with E-state index in [1.165, 1.54) is 36.4 Å². The number of hydrogen-bond donors (Lipinski definition) is 0. The zero-order valence-electron chi connectivity index (χ0n) is 76.9. The molecule has 12 aliphatic rings. The van der Waals surface area contributed by atoms with Crippen molar-refractivity contribution in [1.29, 1.82) is 0 Å². The summed E-state index contributed by atoms with van der Waals surface area (Å²) in [6.45, 7) is 9.95. The van der Waals surface area contributed by atoms with Crippen molar-refractivity contribution in [3.05, 3.63) is 371 Å². The molecular formula is C107H91F6N17O7. The standard InChI is InChI=1S/C23H19F3N4O.C22H19N3O2.C21H20N4O.C21H19N3O2.C20H14F3N3O/c1-29-10-12-30(13-11-29)22-27-19-14-6-2-3-7-15(14)21(31)18(20(19)28-22)16-8-4-5-9-17(16)23(24,25)26;1-14-6-2-3-7-15(14)18-20-19(16-8-4-5-9-17(16)21(18)26)23-22(24-20)25-10-12-27-13-11-25;1-24(2)16-12-8-7-11-15(16)17-19-18(22-21(23-19)25(3)4)13-9-5-6-10-14(13)20(17)26;1-12-11-13(26-4)9-10-14(12)17-19-18(22-21(23-19)24(2)3)15-7-5-6-8-16(15)20(17)25;1-26(2)19-24-16-11-7-3-4-8-12(11)18(27)15(17(16)25-19)13-9-5-6-10-14(13)20(21,22)23/h2-9H,10-13H2,1H3;2-9H,10-13H2,1H3;5-12H,1-4H3;5-11H,1-4H3;3-10H,1-2H3. The van der Waals surface area contributed by atoms with Gasteiger partial charge in [-0.1, -0.05) is 206 Å². The molecule has 0 atom stereocenters. The molecular weight excluding hydrogens is 1750 g/mol. The number of alkyl halides is 6. The number of halogens is 6. The highest BCUT2D eigenvalue weighted by molar-refractivity contribution is 6.48. The Morgan fingerprint density at radius 2 is 0.584 bits per heavy atom. The summed E-state index contributed by atoms with van der Waals surface area (Å²) in [5.74, 6) is 2.47. The summed E-state index contributed by atoms with van der Waals surface area (Å²) in [6, 6.07) is 68.3. The van der Waals surface area contributed by atoms with E-state index in [4.69, 9.17) is 29.4 Å². The van der Waals surface area contributed by atoms with E-state index in [2.05, 4.69) is 39.8 Å². The molecule has 10 aromatic carbocycles. The van der Waals surface area contributed by atoms with Gasteiger partial charge >= 0.3 is 12.4 Å². The third-order valence-electron chi connectivity index (χ3n) is 24.7. The average molecular weight is 1840 g/mol. The molecule has 2 saturated heterocycles. The lowest BCUT2D eigenvalue weighted by Crippen LogP contribution is -2.46. The Balaban J connectivity index is 0.000000114. The number of hydrogen-bond acceptors (Lipinski definition) is 24. The Bertz CT molecular complexity index is 7320. The Hall–Kier alpha value is -16.0. The first kappa shape index (κ1) is 91.5. The molecule has 5 aliphatic carbocycles. The molecule has 688 valence electrons. The number of Topliss-reactive ketones (excluding diaryl/α,β-unsaturated/α-hetero) is 5. The minimum atomic E-state index is -4.60. The van der Waals surface area contributed by atoms with Gasteiger partial charge in [0.1, 0.15) is 62.8 Å². The zero-order chi connectivity index (χ0) is 96.3. The van der Waals surface area contributed by atoms with Crippen LogP contribution in [0.2, 0.25) is 0 Å². The Kier molecular flexibility index (Phi) is 24.8. The van der Waals surface area contributed by atoms with Gasteiger partial charge in [0, 0.05) is 174 Å². The van der Waals surface area contributed by atoms with Crippen LogP contribution in [0.1, 0.15) is 130 Å². The van der Waals surface area contributed by atoms with E-state index >= 15 is 0 Å². The SMILES string of the molecule is CN(C)C1=NC2=C(c3ccccc3C(F)(F)F)C(=O)c3ccccc3C2=N1.CN(C)C1=NC2=C(c3ccccc3N(C)C)C(=O)c3ccccc3C2=N1.CN1CCN(C2=NC3=C(c4ccccc4C(F)(F)F)C(=O)c4ccccc4C3=N2)CC1.COc1ccc(C2=C3N=C(N(C)C)N=C3c3ccccc3C2=O)c(C)c1.Cc1ccccc1C1=C2N=C(N3CCOCC3)N=C2c2ccccc2C1=O. The third-order valence-corrected chi connectivity index (χ3v) is 24.7. The molecule has 22 rings (SSSR count). The first-order valence-electron chi connectivity index (χ1n) is 44.3. The molecule has 10 aromatic rings. The number of ketones is 5. The van der Waals surface area contributed by atoms with Crippen molar-refractivity contribution in [2.24, 2.45) is 49.9 Å². The Labute approximate surface area is 786 Å². The zero-order valence-corrected chi connectivity index (χ0v) is 76.9. The van der Waals surface area contributed by atoms with Crippen molar-refractivity contribution in [2.75, 3.05) is 128 Å². The maximum absolute atomic E-state index is 13.8. The molecule has 0 N–H and O–H groups in total. The van der Waals surface area contributed by atoms with E-state index < -0.39 is 35.0 Å². The van der Waals surface area contributed by atoms with Crippen molar-refractivity contribution >= 4 is 121 Å². The second kappa shape index (κ2) is 37.1. The molecule has 137 heavy (non-hydrogen) atoms. The number of fused-ring (bicyclic) bond motifs is 15. The van der Waals surface area contributed by atoms with Crippen LogP contribution in [0.5, 0.6) is 5.75 Å². The molecule has 2 fully saturated rings. The quantitative estimate of drug-likeness (QED) is 0.135. The Morgan fingerprint density at radius 1 is 0.299 bits per heavy atom. The van der Waals surface area contributed by atoms with Crippen molar-refractivity contribution in [2.45, 2.75) is 26.2 Å². The number of aliphatic imine (C=N–C) groups is 10. The fraction of sp³-hybridized carbons (Fsp3) is 0.206. The number of carbonyl (C=O) groups is 5. The van der Waals surface area contributed by atoms with Crippen LogP contribution in [0, 0.1) is 13.8 Å². The first-order valence-corrected chi connectivity index (χ1v) is 44.3. The van der Waals surface area contributed by atoms with Gasteiger partial charge in [-0.2, -0.15) is 26.3 Å². The maximum Gasteiger partial charge on any atom is 0.417 e. The number of allylic oxidation sites excluding steroid dienone is 10. The number of ether oxygens (including phenoxy) is 2. The summed E-state index contributed by atoms with van der Waals surface area (Å²) in [5, 5.41) is 0. The Morgan fingerprint density at radius 3 is 0.920 bits per heavy atom. The third kappa shape index (κ3) is 17.2. The van der Waals surface area contributed by atoms with Gasteiger partial charge in [-0.25, -0.2) is 49.9 Å². The number of piperazine rings is 1. The number of rotatable bonds is 7. The maximum atomic E-state index is 13.8. The number of morpholine rings is 1. The highest BCUT2D eigenvalue weighted by Crippen LogP contribution is 2.47. The van der Waals surface area contributed by atoms with Crippen LogP contribution in [0.3, 0.4) is 0 Å². The highest BCUT2D eigenvalue weighted by atomic mass is 19.4.